The zero-order valence-corrected chi connectivity index (χ0v) is 25.4. The molecule has 11 nitrogen and oxygen atoms in total. The topological polar surface area (TPSA) is 154 Å². The average molecular weight is 597 g/mol. The van der Waals surface area contributed by atoms with Gasteiger partial charge >= 0.3 is 7.75 Å². The van der Waals surface area contributed by atoms with Gasteiger partial charge in [0.15, 0.2) is 11.4 Å². The smallest absolute Gasteiger partial charge is 0.413 e. The number of alkyl halides is 1. The zero-order valence-electron chi connectivity index (χ0n) is 23.7. The van der Waals surface area contributed by atoms with Crippen LogP contribution in [0.25, 0.3) is 5.52 Å². The third kappa shape index (κ3) is 10.5. The second kappa shape index (κ2) is 17.6. The van der Waals surface area contributed by atoms with Crippen LogP contribution in [0, 0.1) is 11.3 Å². The maximum atomic E-state index is 13.3. The highest BCUT2D eigenvalue weighted by Crippen LogP contribution is 2.44. The Bertz CT molecular complexity index is 1270. The van der Waals surface area contributed by atoms with Crippen molar-refractivity contribution in [3.8, 4) is 11.8 Å². The number of fused-ring (bicyclic) bond motifs is 1. The van der Waals surface area contributed by atoms with Gasteiger partial charge < -0.3 is 15.0 Å². The molecule has 0 saturated carbocycles. The highest BCUT2D eigenvalue weighted by Gasteiger charge is 2.36. The van der Waals surface area contributed by atoms with E-state index < -0.39 is 19.5 Å². The van der Waals surface area contributed by atoms with Crippen LogP contribution in [0.3, 0.4) is 0 Å². The SMILES string of the molecule is CCC(COP(=O)(NCC(C)=O)Oc1ccccc1)OC(C)(C#N)c1ccc2c(N)ncnn12.CCSC.CF. The Labute approximate surface area is 239 Å². The van der Waals surface area contributed by atoms with Gasteiger partial charge in [0.25, 0.3) is 0 Å². The van der Waals surface area contributed by atoms with Crippen molar-refractivity contribution in [1.82, 2.24) is 19.7 Å². The molecule has 0 aliphatic carbocycles. The molecular weight excluding hydrogens is 558 g/mol. The lowest BCUT2D eigenvalue weighted by atomic mass is 10.0. The number of anilines is 1. The van der Waals surface area contributed by atoms with Gasteiger partial charge in [-0.05, 0) is 56.5 Å². The molecule has 3 aromatic rings. The minimum Gasteiger partial charge on any atom is -0.413 e. The number of hydrogen-bond acceptors (Lipinski definition) is 10. The number of para-hydroxylation sites is 1. The molecule has 0 amide bonds. The minimum atomic E-state index is -3.92. The number of rotatable bonds is 13. The number of carbonyl (C=O) groups excluding carboxylic acids is 1. The van der Waals surface area contributed by atoms with E-state index in [9.17, 15) is 19.0 Å². The standard InChI is InChI=1S/C22H27N6O5P.C3H8S.CH3F/c1-4-17(13-31-34(30,27-12-16(2)29)33-18-8-6-5-7-9-18)32-22(3,14-23)20-11-10-19-21(24)25-15-26-28(19)20;1-3-4-2;1-2/h5-11,15,17H,4,12-13H2,1-3H3,(H,27,30)(H2,24,25,26);3H2,1-2H3;1H3. The third-order valence-electron chi connectivity index (χ3n) is 5.25. The van der Waals surface area contributed by atoms with Crippen LogP contribution in [0.15, 0.2) is 48.8 Å². The van der Waals surface area contributed by atoms with Gasteiger partial charge in [0.05, 0.1) is 32.1 Å². The molecule has 0 radical (unpaired) electrons. The molecule has 0 saturated heterocycles. The van der Waals surface area contributed by atoms with Crippen LogP contribution in [0.2, 0.25) is 0 Å². The first-order valence-electron chi connectivity index (χ1n) is 12.4. The van der Waals surface area contributed by atoms with E-state index in [2.05, 4.69) is 34.4 Å². The summed E-state index contributed by atoms with van der Waals surface area (Å²) in [7, 11) is -3.42. The highest BCUT2D eigenvalue weighted by atomic mass is 32.2. The molecule has 0 spiro atoms. The van der Waals surface area contributed by atoms with E-state index in [-0.39, 0.29) is 24.8 Å². The molecule has 220 valence electrons. The van der Waals surface area contributed by atoms with E-state index in [1.165, 1.54) is 23.5 Å². The Morgan fingerprint density at radius 3 is 2.48 bits per heavy atom. The van der Waals surface area contributed by atoms with Gasteiger partial charge in [-0.25, -0.2) is 19.2 Å². The molecule has 3 rings (SSSR count). The van der Waals surface area contributed by atoms with Gasteiger partial charge in [-0.2, -0.15) is 22.1 Å². The molecule has 14 heteroatoms. The number of nitrogen functional groups attached to an aromatic ring is 1. The monoisotopic (exact) mass is 596 g/mol. The molecular formula is C26H38FN6O5PS. The number of aromatic nitrogens is 3. The van der Waals surface area contributed by atoms with Gasteiger partial charge in [-0.3, -0.25) is 13.7 Å². The lowest BCUT2D eigenvalue weighted by molar-refractivity contribution is -0.116. The van der Waals surface area contributed by atoms with E-state index in [0.717, 1.165) is 0 Å². The van der Waals surface area contributed by atoms with Crippen LogP contribution in [0.5, 0.6) is 5.75 Å². The van der Waals surface area contributed by atoms with Gasteiger partial charge in [-0.15, -0.1) is 0 Å². The summed E-state index contributed by atoms with van der Waals surface area (Å²) < 4.78 is 41.6. The van der Waals surface area contributed by atoms with Crippen molar-refractivity contribution in [2.24, 2.45) is 0 Å². The first-order valence-corrected chi connectivity index (χ1v) is 15.3. The highest BCUT2D eigenvalue weighted by molar-refractivity contribution is 7.98. The van der Waals surface area contributed by atoms with Crippen molar-refractivity contribution < 1.29 is 27.5 Å². The fourth-order valence-electron chi connectivity index (χ4n) is 3.14. The molecule has 40 heavy (non-hydrogen) atoms. The predicted octanol–water partition coefficient (Wildman–Crippen LogP) is 5.18. The maximum Gasteiger partial charge on any atom is 0.459 e. The quantitative estimate of drug-likeness (QED) is 0.251. The zero-order chi connectivity index (χ0) is 30.2. The number of thioether (sulfide) groups is 1. The Hall–Kier alpha value is -3.01. The summed E-state index contributed by atoms with van der Waals surface area (Å²) in [5, 5.41) is 16.7. The van der Waals surface area contributed by atoms with Crippen molar-refractivity contribution in [1.29, 1.82) is 5.26 Å². The predicted molar refractivity (Wildman–Crippen MR) is 156 cm³/mol. The van der Waals surface area contributed by atoms with Crippen LogP contribution in [-0.4, -0.2) is 58.8 Å². The molecule has 0 aliphatic heterocycles. The molecule has 2 heterocycles. The molecule has 3 N–H and O–H groups in total. The number of nitrogens with zero attached hydrogens (tertiary/aromatic N) is 4. The molecule has 3 unspecified atom stereocenters. The number of hydrogen-bond donors (Lipinski definition) is 2. The summed E-state index contributed by atoms with van der Waals surface area (Å²) >= 11 is 1.86. The van der Waals surface area contributed by atoms with Crippen molar-refractivity contribution in [3.05, 3.63) is 54.5 Å². The molecule has 2 aromatic heterocycles. The Morgan fingerprint density at radius 1 is 1.27 bits per heavy atom. The summed E-state index contributed by atoms with van der Waals surface area (Å²) in [5.74, 6) is 1.59. The van der Waals surface area contributed by atoms with Gasteiger partial charge in [0.1, 0.15) is 29.4 Å². The van der Waals surface area contributed by atoms with E-state index >= 15 is 0 Å². The molecule has 1 aromatic carbocycles. The average Bonchev–Trinajstić information content (AvgIpc) is 3.42. The first kappa shape index (κ1) is 35.0. The Morgan fingerprint density at radius 2 is 1.93 bits per heavy atom. The van der Waals surface area contributed by atoms with Crippen molar-refractivity contribution >= 4 is 36.6 Å². The number of carbonyl (C=O) groups is 1. The number of nitrogens with two attached hydrogens (primary N) is 1. The fourth-order valence-corrected chi connectivity index (χ4v) is 4.53. The lowest BCUT2D eigenvalue weighted by Gasteiger charge is -2.29. The molecule has 0 bridgehead atoms. The largest absolute Gasteiger partial charge is 0.459 e. The van der Waals surface area contributed by atoms with Crippen LogP contribution in [0.4, 0.5) is 10.2 Å². The van der Waals surface area contributed by atoms with E-state index in [0.29, 0.717) is 30.6 Å². The van der Waals surface area contributed by atoms with Crippen molar-refractivity contribution in [3.63, 3.8) is 0 Å². The summed E-state index contributed by atoms with van der Waals surface area (Å²) in [6.45, 7) is 6.58. The number of ether oxygens (including phenoxy) is 1. The van der Waals surface area contributed by atoms with Crippen molar-refractivity contribution in [2.75, 3.05) is 38.1 Å². The van der Waals surface area contributed by atoms with Gasteiger partial charge in [0.2, 0.25) is 0 Å². The number of nitriles is 1. The number of Topliss-reactive ketones (excluding diaryl/α,β-unsaturated/α-hetero) is 1. The lowest BCUT2D eigenvalue weighted by Crippen LogP contribution is -2.34. The minimum absolute atomic E-state index is 0.163. The fraction of sp³-hybridized carbons (Fsp3) is 0.462. The van der Waals surface area contributed by atoms with E-state index in [1.807, 2.05) is 18.7 Å². The molecule has 3 atom stereocenters. The van der Waals surface area contributed by atoms with Gasteiger partial charge in [0, 0.05) is 0 Å². The second-order valence-electron chi connectivity index (χ2n) is 8.27. The summed E-state index contributed by atoms with van der Waals surface area (Å²) in [6, 6.07) is 14.0. The number of halogens is 1. The van der Waals surface area contributed by atoms with E-state index in [4.69, 9.17) is 19.5 Å². The number of nitrogens with one attached hydrogen (secondary N) is 1. The van der Waals surface area contributed by atoms with Crippen LogP contribution in [-0.2, 0) is 24.2 Å². The number of ketones is 1. The maximum absolute atomic E-state index is 13.3. The summed E-state index contributed by atoms with van der Waals surface area (Å²) in [5.41, 5.74) is 5.47. The first-order chi connectivity index (χ1) is 19.1. The molecule has 0 aliphatic rings. The normalized spacial score (nSPS) is 14.2. The Balaban J connectivity index is 0.00000122. The molecule has 0 fully saturated rings. The summed E-state index contributed by atoms with van der Waals surface area (Å²) in [4.78, 5) is 15.4. The Kier molecular flexibility index (Phi) is 15.4. The van der Waals surface area contributed by atoms with Crippen LogP contribution >= 0.6 is 19.5 Å². The van der Waals surface area contributed by atoms with Crippen LogP contribution in [0.1, 0.15) is 39.8 Å². The van der Waals surface area contributed by atoms with E-state index in [1.54, 1.807) is 49.4 Å². The second-order valence-corrected chi connectivity index (χ2v) is 11.2. The summed E-state index contributed by atoms with van der Waals surface area (Å²) in [6.07, 6.45) is 3.19. The number of benzene rings is 1. The third-order valence-corrected chi connectivity index (χ3v) is 7.31. The van der Waals surface area contributed by atoms with Crippen LogP contribution < -0.4 is 15.3 Å². The van der Waals surface area contributed by atoms with Crippen molar-refractivity contribution in [2.45, 2.75) is 45.8 Å². The van der Waals surface area contributed by atoms with Gasteiger partial charge in [-0.1, -0.05) is 32.0 Å².